The predicted octanol–water partition coefficient (Wildman–Crippen LogP) is 2.99. The zero-order valence-corrected chi connectivity index (χ0v) is 10.1. The standard InChI is InChI=1S/C10H12ClN3S/c1-2-4-9-12-13-10(11)14(9)7-8-5-3-6-15-8/h3,5-6H,2,4,7H2,1H3. The van der Waals surface area contributed by atoms with Gasteiger partial charge in [0.15, 0.2) is 0 Å². The highest BCUT2D eigenvalue weighted by Crippen LogP contribution is 2.16. The Labute approximate surface area is 97.7 Å². The van der Waals surface area contributed by atoms with E-state index in [9.17, 15) is 0 Å². The first-order valence-electron chi connectivity index (χ1n) is 4.91. The summed E-state index contributed by atoms with van der Waals surface area (Å²) >= 11 is 7.71. The molecule has 0 aliphatic carbocycles. The van der Waals surface area contributed by atoms with Gasteiger partial charge < -0.3 is 0 Å². The van der Waals surface area contributed by atoms with Gasteiger partial charge in [0.1, 0.15) is 5.82 Å². The van der Waals surface area contributed by atoms with Crippen molar-refractivity contribution in [1.29, 1.82) is 0 Å². The molecule has 2 aromatic heterocycles. The van der Waals surface area contributed by atoms with E-state index in [2.05, 4.69) is 28.6 Å². The van der Waals surface area contributed by atoms with Crippen molar-refractivity contribution in [2.24, 2.45) is 0 Å². The molecular weight excluding hydrogens is 230 g/mol. The molecule has 0 fully saturated rings. The van der Waals surface area contributed by atoms with Crippen molar-refractivity contribution in [3.63, 3.8) is 0 Å². The second kappa shape index (κ2) is 4.77. The fourth-order valence-electron chi connectivity index (χ4n) is 1.44. The maximum absolute atomic E-state index is 5.99. The van der Waals surface area contributed by atoms with E-state index in [1.54, 1.807) is 11.3 Å². The van der Waals surface area contributed by atoms with Gasteiger partial charge in [-0.05, 0) is 29.5 Å². The Morgan fingerprint density at radius 1 is 1.47 bits per heavy atom. The zero-order valence-electron chi connectivity index (χ0n) is 8.48. The van der Waals surface area contributed by atoms with Gasteiger partial charge in [0.05, 0.1) is 6.54 Å². The topological polar surface area (TPSA) is 30.7 Å². The summed E-state index contributed by atoms with van der Waals surface area (Å²) in [4.78, 5) is 1.27. The van der Waals surface area contributed by atoms with Crippen molar-refractivity contribution in [2.75, 3.05) is 0 Å². The lowest BCUT2D eigenvalue weighted by molar-refractivity contribution is 0.711. The van der Waals surface area contributed by atoms with Crippen molar-refractivity contribution in [3.8, 4) is 0 Å². The van der Waals surface area contributed by atoms with Crippen molar-refractivity contribution in [2.45, 2.75) is 26.3 Å². The second-order valence-corrected chi connectivity index (χ2v) is 4.67. The lowest BCUT2D eigenvalue weighted by Crippen LogP contribution is -2.04. The smallest absolute Gasteiger partial charge is 0.225 e. The van der Waals surface area contributed by atoms with Crippen LogP contribution in [0.3, 0.4) is 0 Å². The van der Waals surface area contributed by atoms with Crippen LogP contribution in [0, 0.1) is 0 Å². The monoisotopic (exact) mass is 241 g/mol. The van der Waals surface area contributed by atoms with E-state index in [4.69, 9.17) is 11.6 Å². The van der Waals surface area contributed by atoms with Crippen molar-refractivity contribution in [1.82, 2.24) is 14.8 Å². The van der Waals surface area contributed by atoms with Gasteiger partial charge in [-0.2, -0.15) is 0 Å². The molecule has 0 amide bonds. The van der Waals surface area contributed by atoms with Crippen LogP contribution in [0.4, 0.5) is 0 Å². The molecule has 0 atom stereocenters. The summed E-state index contributed by atoms with van der Waals surface area (Å²) in [5, 5.41) is 10.5. The Balaban J connectivity index is 2.22. The molecule has 0 saturated carbocycles. The Morgan fingerprint density at radius 3 is 3.00 bits per heavy atom. The average Bonchev–Trinajstić information content (AvgIpc) is 2.83. The molecule has 2 heterocycles. The van der Waals surface area contributed by atoms with Crippen LogP contribution in [0.15, 0.2) is 17.5 Å². The molecule has 0 unspecified atom stereocenters. The van der Waals surface area contributed by atoms with Gasteiger partial charge >= 0.3 is 0 Å². The molecular formula is C10H12ClN3S. The number of nitrogens with zero attached hydrogens (tertiary/aromatic N) is 3. The Kier molecular flexibility index (Phi) is 3.38. The summed E-state index contributed by atoms with van der Waals surface area (Å²) < 4.78 is 1.97. The summed E-state index contributed by atoms with van der Waals surface area (Å²) in [5.41, 5.74) is 0. The summed E-state index contributed by atoms with van der Waals surface area (Å²) in [6.07, 6.45) is 1.98. The van der Waals surface area contributed by atoms with Gasteiger partial charge in [0, 0.05) is 11.3 Å². The summed E-state index contributed by atoms with van der Waals surface area (Å²) in [6, 6.07) is 4.13. The van der Waals surface area contributed by atoms with E-state index in [1.807, 2.05) is 10.6 Å². The molecule has 0 spiro atoms. The van der Waals surface area contributed by atoms with Crippen LogP contribution in [0.2, 0.25) is 5.28 Å². The zero-order chi connectivity index (χ0) is 10.7. The molecule has 2 rings (SSSR count). The van der Waals surface area contributed by atoms with Crippen molar-refractivity contribution in [3.05, 3.63) is 33.5 Å². The number of halogens is 1. The minimum Gasteiger partial charge on any atom is -0.296 e. The number of rotatable bonds is 4. The van der Waals surface area contributed by atoms with Crippen LogP contribution in [-0.2, 0) is 13.0 Å². The van der Waals surface area contributed by atoms with Crippen LogP contribution >= 0.6 is 22.9 Å². The number of hydrogen-bond donors (Lipinski definition) is 0. The van der Waals surface area contributed by atoms with Gasteiger partial charge in [-0.25, -0.2) is 0 Å². The summed E-state index contributed by atoms with van der Waals surface area (Å²) in [7, 11) is 0. The Hall–Kier alpha value is -0.870. The first-order chi connectivity index (χ1) is 7.31. The predicted molar refractivity (Wildman–Crippen MR) is 62.4 cm³/mol. The van der Waals surface area contributed by atoms with Gasteiger partial charge in [-0.15, -0.1) is 21.5 Å². The molecule has 0 N–H and O–H groups in total. The average molecular weight is 242 g/mol. The fourth-order valence-corrected chi connectivity index (χ4v) is 2.32. The minimum absolute atomic E-state index is 0.479. The highest BCUT2D eigenvalue weighted by atomic mass is 35.5. The van der Waals surface area contributed by atoms with Crippen LogP contribution in [0.25, 0.3) is 0 Å². The summed E-state index contributed by atoms with van der Waals surface area (Å²) in [5.74, 6) is 0.968. The van der Waals surface area contributed by atoms with Gasteiger partial charge in [-0.1, -0.05) is 13.0 Å². The molecule has 0 aliphatic rings. The molecule has 0 radical (unpaired) electrons. The summed E-state index contributed by atoms with van der Waals surface area (Å²) in [6.45, 7) is 2.90. The molecule has 5 heteroatoms. The Morgan fingerprint density at radius 2 is 2.33 bits per heavy atom. The first-order valence-corrected chi connectivity index (χ1v) is 6.17. The number of hydrogen-bond acceptors (Lipinski definition) is 3. The quantitative estimate of drug-likeness (QED) is 0.824. The maximum atomic E-state index is 5.99. The molecule has 15 heavy (non-hydrogen) atoms. The SMILES string of the molecule is CCCc1nnc(Cl)n1Cc1cccs1. The minimum atomic E-state index is 0.479. The highest BCUT2D eigenvalue weighted by molar-refractivity contribution is 7.09. The van der Waals surface area contributed by atoms with E-state index in [0.29, 0.717) is 5.28 Å². The van der Waals surface area contributed by atoms with Crippen LogP contribution in [-0.4, -0.2) is 14.8 Å². The molecule has 0 bridgehead atoms. The van der Waals surface area contributed by atoms with E-state index in [0.717, 1.165) is 25.2 Å². The molecule has 0 aliphatic heterocycles. The van der Waals surface area contributed by atoms with E-state index in [-0.39, 0.29) is 0 Å². The maximum Gasteiger partial charge on any atom is 0.225 e. The largest absolute Gasteiger partial charge is 0.296 e. The fraction of sp³-hybridized carbons (Fsp3) is 0.400. The number of thiophene rings is 1. The van der Waals surface area contributed by atoms with Gasteiger partial charge in [-0.3, -0.25) is 4.57 Å². The van der Waals surface area contributed by atoms with Crippen molar-refractivity contribution >= 4 is 22.9 Å². The molecule has 0 saturated heterocycles. The van der Waals surface area contributed by atoms with Gasteiger partial charge in [0.2, 0.25) is 5.28 Å². The third kappa shape index (κ3) is 2.38. The molecule has 0 aromatic carbocycles. The number of aromatic nitrogens is 3. The normalized spacial score (nSPS) is 10.8. The van der Waals surface area contributed by atoms with Crippen LogP contribution in [0.1, 0.15) is 24.0 Å². The molecule has 2 aromatic rings. The Bertz CT molecular complexity index is 422. The van der Waals surface area contributed by atoms with Crippen LogP contribution in [0.5, 0.6) is 0 Å². The van der Waals surface area contributed by atoms with Crippen LogP contribution < -0.4 is 0 Å². The van der Waals surface area contributed by atoms with E-state index >= 15 is 0 Å². The lowest BCUT2D eigenvalue weighted by Gasteiger charge is -2.04. The third-order valence-corrected chi connectivity index (χ3v) is 3.29. The van der Waals surface area contributed by atoms with Crippen molar-refractivity contribution < 1.29 is 0 Å². The first kappa shape index (κ1) is 10.6. The lowest BCUT2D eigenvalue weighted by atomic mass is 10.3. The molecule has 3 nitrogen and oxygen atoms in total. The van der Waals surface area contributed by atoms with Gasteiger partial charge in [0.25, 0.3) is 0 Å². The highest BCUT2D eigenvalue weighted by Gasteiger charge is 2.09. The van der Waals surface area contributed by atoms with E-state index in [1.165, 1.54) is 4.88 Å². The number of aryl methyl sites for hydroxylation is 1. The second-order valence-electron chi connectivity index (χ2n) is 3.30. The third-order valence-electron chi connectivity index (χ3n) is 2.15. The molecule has 80 valence electrons. The van der Waals surface area contributed by atoms with E-state index < -0.39 is 0 Å².